The smallest absolute Gasteiger partial charge is 0.343 e. The van der Waals surface area contributed by atoms with Crippen molar-refractivity contribution in [2.75, 3.05) is 11.9 Å². The lowest BCUT2D eigenvalue weighted by Gasteiger charge is -2.14. The Morgan fingerprint density at radius 2 is 1.71 bits per heavy atom. The van der Waals surface area contributed by atoms with Gasteiger partial charge in [0.25, 0.3) is 5.91 Å². The first kappa shape index (κ1) is 24.9. The van der Waals surface area contributed by atoms with E-state index in [-0.39, 0.29) is 29.8 Å². The Morgan fingerprint density at radius 3 is 2.24 bits per heavy atom. The molecule has 0 aliphatic rings. The zero-order valence-corrected chi connectivity index (χ0v) is 19.5. The number of nitrogens with zero attached hydrogens (tertiary/aromatic N) is 3. The minimum absolute atomic E-state index is 0.152. The lowest BCUT2D eigenvalue weighted by molar-refractivity contribution is -0.137. The molecule has 2 heterocycles. The van der Waals surface area contributed by atoms with E-state index in [1.165, 1.54) is 16.9 Å². The maximum absolute atomic E-state index is 12.8. The third-order valence-electron chi connectivity index (χ3n) is 5.24. The maximum atomic E-state index is 12.8. The molecule has 10 heteroatoms. The summed E-state index contributed by atoms with van der Waals surface area (Å²) < 4.78 is 39.9. The average Bonchev–Trinajstić information content (AvgIpc) is 3.19. The van der Waals surface area contributed by atoms with Crippen LogP contribution in [0.4, 0.5) is 18.9 Å². The molecule has 0 aliphatic heterocycles. The van der Waals surface area contributed by atoms with E-state index >= 15 is 0 Å². The van der Waals surface area contributed by atoms with Crippen LogP contribution in [0.3, 0.4) is 0 Å². The first-order valence-electron chi connectivity index (χ1n) is 10.7. The molecule has 180 valence electrons. The average molecular weight is 473 g/mol. The van der Waals surface area contributed by atoms with Crippen LogP contribution in [0.1, 0.15) is 58.1 Å². The molecule has 2 aromatic heterocycles. The van der Waals surface area contributed by atoms with Crippen LogP contribution in [-0.2, 0) is 11.0 Å². The van der Waals surface area contributed by atoms with Crippen molar-refractivity contribution < 1.29 is 22.8 Å². The minimum atomic E-state index is -4.50. The summed E-state index contributed by atoms with van der Waals surface area (Å²) in [7, 11) is 0. The maximum Gasteiger partial charge on any atom is 0.417 e. The predicted octanol–water partition coefficient (Wildman–Crippen LogP) is 4.70. The number of nitrogens with one attached hydrogen (secondary N) is 2. The molecule has 0 saturated carbocycles. The van der Waals surface area contributed by atoms with Crippen molar-refractivity contribution in [1.29, 1.82) is 0 Å². The van der Waals surface area contributed by atoms with Gasteiger partial charge in [0.15, 0.2) is 5.82 Å². The summed E-state index contributed by atoms with van der Waals surface area (Å²) in [6.45, 7) is 9.15. The highest BCUT2D eigenvalue weighted by molar-refractivity contribution is 6.00. The molecule has 34 heavy (non-hydrogen) atoms. The van der Waals surface area contributed by atoms with E-state index in [4.69, 9.17) is 0 Å². The Kier molecular flexibility index (Phi) is 7.09. The zero-order valence-electron chi connectivity index (χ0n) is 19.5. The molecular weight excluding hydrogens is 447 g/mol. The van der Waals surface area contributed by atoms with Crippen LogP contribution in [0, 0.1) is 20.8 Å². The van der Waals surface area contributed by atoms with E-state index < -0.39 is 17.6 Å². The van der Waals surface area contributed by atoms with Crippen molar-refractivity contribution in [2.45, 2.75) is 46.7 Å². The normalized spacial score (nSPS) is 11.6. The van der Waals surface area contributed by atoms with Crippen LogP contribution in [0.2, 0.25) is 0 Å². The van der Waals surface area contributed by atoms with E-state index in [0.717, 1.165) is 29.0 Å². The van der Waals surface area contributed by atoms with Crippen LogP contribution in [0.5, 0.6) is 0 Å². The van der Waals surface area contributed by atoms with Crippen molar-refractivity contribution in [1.82, 2.24) is 20.1 Å². The number of rotatable bonds is 6. The van der Waals surface area contributed by atoms with Gasteiger partial charge in [-0.25, -0.2) is 9.67 Å². The Labute approximate surface area is 195 Å². The van der Waals surface area contributed by atoms with Gasteiger partial charge in [-0.2, -0.15) is 18.3 Å². The van der Waals surface area contributed by atoms with Gasteiger partial charge in [0.05, 0.1) is 29.6 Å². The fraction of sp³-hybridized carbons (Fsp3) is 0.333. The molecule has 2 amide bonds. The lowest BCUT2D eigenvalue weighted by Crippen LogP contribution is -2.33. The number of hydrogen-bond donors (Lipinski definition) is 2. The summed E-state index contributed by atoms with van der Waals surface area (Å²) in [5.74, 6) is -0.946. The number of hydrogen-bond acceptors (Lipinski definition) is 4. The van der Waals surface area contributed by atoms with E-state index in [0.29, 0.717) is 11.4 Å². The molecule has 0 fully saturated rings. The summed E-state index contributed by atoms with van der Waals surface area (Å²) in [4.78, 5) is 29.1. The van der Waals surface area contributed by atoms with Gasteiger partial charge in [-0.3, -0.25) is 9.59 Å². The van der Waals surface area contributed by atoms with Crippen molar-refractivity contribution in [2.24, 2.45) is 0 Å². The molecule has 7 nitrogen and oxygen atoms in total. The number of carbonyl (C=O) groups excluding carboxylic acids is 2. The Balaban J connectivity index is 1.75. The zero-order chi connectivity index (χ0) is 25.2. The molecule has 2 N–H and O–H groups in total. The first-order chi connectivity index (χ1) is 15.9. The number of aryl methyl sites for hydroxylation is 3. The predicted molar refractivity (Wildman–Crippen MR) is 122 cm³/mol. The molecule has 0 radical (unpaired) electrons. The molecule has 0 aliphatic carbocycles. The Hall–Kier alpha value is -3.69. The number of aromatic nitrogens is 3. The minimum Gasteiger partial charge on any atom is -0.343 e. The van der Waals surface area contributed by atoms with Gasteiger partial charge >= 0.3 is 6.18 Å². The first-order valence-corrected chi connectivity index (χ1v) is 10.7. The van der Waals surface area contributed by atoms with Gasteiger partial charge in [-0.15, -0.1) is 0 Å². The number of carbonyl (C=O) groups is 2. The summed E-state index contributed by atoms with van der Waals surface area (Å²) >= 11 is 0. The van der Waals surface area contributed by atoms with Gasteiger partial charge in [0.2, 0.25) is 5.91 Å². The van der Waals surface area contributed by atoms with Crippen LogP contribution in [0.15, 0.2) is 36.7 Å². The number of pyridine rings is 1. The number of benzene rings is 1. The Morgan fingerprint density at radius 1 is 1.06 bits per heavy atom. The second-order valence-electron chi connectivity index (χ2n) is 8.42. The van der Waals surface area contributed by atoms with E-state index in [2.05, 4.69) is 20.7 Å². The molecule has 0 unspecified atom stereocenters. The Bertz CT molecular complexity index is 1190. The highest BCUT2D eigenvalue weighted by atomic mass is 19.4. The summed E-state index contributed by atoms with van der Waals surface area (Å²) in [6.07, 6.45) is -2.46. The third-order valence-corrected chi connectivity index (χ3v) is 5.24. The summed E-state index contributed by atoms with van der Waals surface area (Å²) in [5, 5.41) is 9.57. The van der Waals surface area contributed by atoms with Gasteiger partial charge in [0.1, 0.15) is 0 Å². The van der Waals surface area contributed by atoms with E-state index in [1.807, 2.05) is 46.8 Å². The molecule has 3 aromatic rings. The molecule has 0 bridgehead atoms. The van der Waals surface area contributed by atoms with Crippen LogP contribution in [-0.4, -0.2) is 33.1 Å². The van der Waals surface area contributed by atoms with Crippen molar-refractivity contribution in [3.8, 4) is 5.82 Å². The number of alkyl halides is 3. The highest BCUT2D eigenvalue weighted by Crippen LogP contribution is 2.29. The monoisotopic (exact) mass is 473 g/mol. The fourth-order valence-electron chi connectivity index (χ4n) is 3.77. The topological polar surface area (TPSA) is 88.9 Å². The molecule has 3 rings (SSSR count). The molecule has 0 saturated heterocycles. The summed E-state index contributed by atoms with van der Waals surface area (Å²) in [5.41, 5.74) is 3.44. The number of halogens is 3. The van der Waals surface area contributed by atoms with E-state index in [1.54, 1.807) is 0 Å². The van der Waals surface area contributed by atoms with Crippen LogP contribution in [0.25, 0.3) is 5.82 Å². The van der Waals surface area contributed by atoms with Gasteiger partial charge < -0.3 is 10.6 Å². The van der Waals surface area contributed by atoms with E-state index in [9.17, 15) is 22.8 Å². The third kappa shape index (κ3) is 5.44. The van der Waals surface area contributed by atoms with Crippen LogP contribution >= 0.6 is 0 Å². The van der Waals surface area contributed by atoms with Crippen molar-refractivity contribution in [3.05, 3.63) is 70.2 Å². The number of anilines is 1. The molecule has 0 atom stereocenters. The van der Waals surface area contributed by atoms with Crippen molar-refractivity contribution in [3.63, 3.8) is 0 Å². The summed E-state index contributed by atoms with van der Waals surface area (Å²) in [6, 6.07) is 6.02. The fourth-order valence-corrected chi connectivity index (χ4v) is 3.77. The second-order valence-corrected chi connectivity index (χ2v) is 8.42. The molecule has 0 spiro atoms. The molecular formula is C24H26F3N5O2. The quantitative estimate of drug-likeness (QED) is 0.543. The van der Waals surface area contributed by atoms with Gasteiger partial charge in [-0.1, -0.05) is 31.5 Å². The van der Waals surface area contributed by atoms with Crippen LogP contribution < -0.4 is 10.6 Å². The number of amides is 2. The van der Waals surface area contributed by atoms with Crippen molar-refractivity contribution >= 4 is 17.5 Å². The lowest BCUT2D eigenvalue weighted by atomic mass is 10.0. The van der Waals surface area contributed by atoms with Gasteiger partial charge in [0, 0.05) is 11.9 Å². The molecule has 1 aromatic carbocycles. The highest BCUT2D eigenvalue weighted by Gasteiger charge is 2.31. The largest absolute Gasteiger partial charge is 0.417 e. The second kappa shape index (κ2) is 9.66. The van der Waals surface area contributed by atoms with Gasteiger partial charge in [-0.05, 0) is 49.9 Å². The SMILES string of the molecule is Cc1cc(C)c(NC(=O)CNC(=O)c2cnn(-c3ccc(C(F)(F)F)cn3)c2C(C)C)c(C)c1. The standard InChI is InChI=1S/C24H26F3N5O2/c1-13(2)22-18(11-30-32(22)19-7-6-17(10-28-19)24(25,26)27)23(34)29-12-20(33)31-21-15(4)8-14(3)9-16(21)5/h6-11,13H,12H2,1-5H3,(H,29,34)(H,31,33).